The van der Waals surface area contributed by atoms with E-state index in [1.54, 1.807) is 6.07 Å². The molecule has 0 radical (unpaired) electrons. The van der Waals surface area contributed by atoms with Crippen molar-refractivity contribution >= 4 is 44.8 Å². The molecule has 0 atom stereocenters. The predicted molar refractivity (Wildman–Crippen MR) is 98.9 cm³/mol. The van der Waals surface area contributed by atoms with Crippen LogP contribution in [0.1, 0.15) is 36.7 Å². The summed E-state index contributed by atoms with van der Waals surface area (Å²) in [6.45, 7) is 6.29. The fourth-order valence-corrected chi connectivity index (χ4v) is 2.74. The van der Waals surface area contributed by atoms with Crippen molar-refractivity contribution in [3.63, 3.8) is 0 Å². The van der Waals surface area contributed by atoms with Gasteiger partial charge in [0.2, 0.25) is 0 Å². The number of hydrogen-bond acceptors (Lipinski definition) is 3. The minimum atomic E-state index is -0.618. The molecule has 0 fully saturated rings. The topological polar surface area (TPSA) is 72.2 Å². The standard InChI is InChI=1S/C17H16BrClN2O3/c1-17(2,3)11-5-7-14(12(18)9-11)20-16(22)10-4-6-13(19)15(8-10)21(23)24/h4-9H,1-3H3,(H,20,22). The smallest absolute Gasteiger partial charge is 0.288 e. The van der Waals surface area contributed by atoms with Gasteiger partial charge < -0.3 is 5.32 Å². The maximum Gasteiger partial charge on any atom is 0.288 e. The van der Waals surface area contributed by atoms with Crippen LogP contribution in [0.5, 0.6) is 0 Å². The number of carbonyl (C=O) groups is 1. The lowest BCUT2D eigenvalue weighted by Gasteiger charge is -2.20. The lowest BCUT2D eigenvalue weighted by Crippen LogP contribution is -2.14. The van der Waals surface area contributed by atoms with Crippen LogP contribution in [0.15, 0.2) is 40.9 Å². The second kappa shape index (κ2) is 6.91. The van der Waals surface area contributed by atoms with Crippen LogP contribution < -0.4 is 5.32 Å². The second-order valence-electron chi connectivity index (χ2n) is 6.32. The highest BCUT2D eigenvalue weighted by Gasteiger charge is 2.18. The van der Waals surface area contributed by atoms with E-state index in [9.17, 15) is 14.9 Å². The Morgan fingerprint density at radius 1 is 1.21 bits per heavy atom. The molecule has 0 saturated carbocycles. The molecule has 0 aliphatic rings. The molecule has 0 unspecified atom stereocenters. The molecular formula is C17H16BrClN2O3. The zero-order chi connectivity index (χ0) is 18.1. The number of anilines is 1. The van der Waals surface area contributed by atoms with Gasteiger partial charge >= 0.3 is 0 Å². The molecular weight excluding hydrogens is 396 g/mol. The van der Waals surface area contributed by atoms with Crippen molar-refractivity contribution in [1.29, 1.82) is 0 Å². The van der Waals surface area contributed by atoms with E-state index in [1.807, 2.05) is 12.1 Å². The number of nitro benzene ring substituents is 1. The molecule has 0 aliphatic heterocycles. The van der Waals surface area contributed by atoms with Crippen LogP contribution in [0.25, 0.3) is 0 Å². The number of halogens is 2. The normalized spacial score (nSPS) is 11.2. The molecule has 0 spiro atoms. The summed E-state index contributed by atoms with van der Waals surface area (Å²) in [7, 11) is 0. The molecule has 1 amide bonds. The zero-order valence-corrected chi connectivity index (χ0v) is 15.7. The van der Waals surface area contributed by atoms with Gasteiger partial charge in [-0.05, 0) is 51.2 Å². The Morgan fingerprint density at radius 3 is 2.42 bits per heavy atom. The van der Waals surface area contributed by atoms with Crippen molar-refractivity contribution < 1.29 is 9.72 Å². The first-order valence-electron chi connectivity index (χ1n) is 7.15. The van der Waals surface area contributed by atoms with Crippen LogP contribution in [-0.4, -0.2) is 10.8 Å². The first-order valence-corrected chi connectivity index (χ1v) is 8.32. The maximum absolute atomic E-state index is 12.3. The van der Waals surface area contributed by atoms with Gasteiger partial charge in [-0.2, -0.15) is 0 Å². The van der Waals surface area contributed by atoms with Crippen molar-refractivity contribution in [2.24, 2.45) is 0 Å². The third-order valence-electron chi connectivity index (χ3n) is 3.49. The van der Waals surface area contributed by atoms with E-state index in [0.29, 0.717) is 5.69 Å². The van der Waals surface area contributed by atoms with Crippen molar-refractivity contribution in [2.45, 2.75) is 26.2 Å². The highest BCUT2D eigenvalue weighted by Crippen LogP contribution is 2.31. The Balaban J connectivity index is 2.27. The Kier molecular flexibility index (Phi) is 5.30. The maximum atomic E-state index is 12.3. The summed E-state index contributed by atoms with van der Waals surface area (Å²) < 4.78 is 0.742. The summed E-state index contributed by atoms with van der Waals surface area (Å²) in [5.41, 5.74) is 1.56. The Hall–Kier alpha value is -1.92. The Morgan fingerprint density at radius 2 is 1.88 bits per heavy atom. The minimum Gasteiger partial charge on any atom is -0.321 e. The fourth-order valence-electron chi connectivity index (χ4n) is 2.07. The highest BCUT2D eigenvalue weighted by atomic mass is 79.9. The lowest BCUT2D eigenvalue weighted by molar-refractivity contribution is -0.384. The molecule has 2 aromatic rings. The molecule has 126 valence electrons. The summed E-state index contributed by atoms with van der Waals surface area (Å²) >= 11 is 9.21. The van der Waals surface area contributed by atoms with Gasteiger partial charge in [-0.25, -0.2) is 0 Å². The van der Waals surface area contributed by atoms with E-state index in [1.165, 1.54) is 12.1 Å². The summed E-state index contributed by atoms with van der Waals surface area (Å²) in [5, 5.41) is 13.7. The van der Waals surface area contributed by atoms with Crippen molar-refractivity contribution in [2.75, 3.05) is 5.32 Å². The molecule has 2 rings (SSSR count). The number of amides is 1. The van der Waals surface area contributed by atoms with Gasteiger partial charge in [0.25, 0.3) is 11.6 Å². The van der Waals surface area contributed by atoms with Gasteiger partial charge in [-0.3, -0.25) is 14.9 Å². The van der Waals surface area contributed by atoms with E-state index >= 15 is 0 Å². The van der Waals surface area contributed by atoms with Crippen LogP contribution in [0.4, 0.5) is 11.4 Å². The number of hydrogen-bond donors (Lipinski definition) is 1. The predicted octanol–water partition coefficient (Wildman–Crippen LogP) is 5.56. The van der Waals surface area contributed by atoms with E-state index < -0.39 is 10.8 Å². The van der Waals surface area contributed by atoms with Crippen molar-refractivity contribution in [3.8, 4) is 0 Å². The molecule has 5 nitrogen and oxygen atoms in total. The third-order valence-corrected chi connectivity index (χ3v) is 4.46. The van der Waals surface area contributed by atoms with Gasteiger partial charge in [0.05, 0.1) is 10.6 Å². The molecule has 0 saturated heterocycles. The summed E-state index contributed by atoms with van der Waals surface area (Å²) in [6.07, 6.45) is 0. The Bertz CT molecular complexity index is 816. The first kappa shape index (κ1) is 18.4. The van der Waals surface area contributed by atoms with Crippen molar-refractivity contribution in [1.82, 2.24) is 0 Å². The van der Waals surface area contributed by atoms with Crippen LogP contribution in [-0.2, 0) is 5.41 Å². The van der Waals surface area contributed by atoms with Crippen LogP contribution in [0.2, 0.25) is 5.02 Å². The summed E-state index contributed by atoms with van der Waals surface area (Å²) in [4.78, 5) is 22.6. The third kappa shape index (κ3) is 4.13. The van der Waals surface area contributed by atoms with E-state index in [-0.39, 0.29) is 21.7 Å². The molecule has 2 aromatic carbocycles. The van der Waals surface area contributed by atoms with E-state index in [2.05, 4.69) is 42.0 Å². The summed E-state index contributed by atoms with van der Waals surface area (Å²) in [6, 6.07) is 9.63. The lowest BCUT2D eigenvalue weighted by atomic mass is 9.87. The fraction of sp³-hybridized carbons (Fsp3) is 0.235. The quantitative estimate of drug-likeness (QED) is 0.531. The second-order valence-corrected chi connectivity index (χ2v) is 7.58. The van der Waals surface area contributed by atoms with Crippen molar-refractivity contribution in [3.05, 3.63) is 67.1 Å². The van der Waals surface area contributed by atoms with Gasteiger partial charge in [-0.1, -0.05) is 38.4 Å². The molecule has 0 bridgehead atoms. The van der Waals surface area contributed by atoms with E-state index in [4.69, 9.17) is 11.6 Å². The number of nitro groups is 1. The Labute approximate surface area is 153 Å². The molecule has 24 heavy (non-hydrogen) atoms. The number of rotatable bonds is 3. The number of carbonyl (C=O) groups excluding carboxylic acids is 1. The highest BCUT2D eigenvalue weighted by molar-refractivity contribution is 9.10. The van der Waals surface area contributed by atoms with Gasteiger partial charge in [0, 0.05) is 16.1 Å². The SMILES string of the molecule is CC(C)(C)c1ccc(NC(=O)c2ccc(Cl)c([N+](=O)[O-])c2)c(Br)c1. The van der Waals surface area contributed by atoms with Crippen LogP contribution >= 0.6 is 27.5 Å². The minimum absolute atomic E-state index is 0.00717. The molecule has 0 heterocycles. The van der Waals surface area contributed by atoms with Gasteiger partial charge in [0.1, 0.15) is 5.02 Å². The zero-order valence-electron chi connectivity index (χ0n) is 13.4. The number of nitrogens with one attached hydrogen (secondary N) is 1. The average Bonchev–Trinajstić information content (AvgIpc) is 2.48. The van der Waals surface area contributed by atoms with Crippen LogP contribution in [0.3, 0.4) is 0 Å². The molecule has 0 aliphatic carbocycles. The van der Waals surface area contributed by atoms with Crippen LogP contribution in [0, 0.1) is 10.1 Å². The van der Waals surface area contributed by atoms with E-state index in [0.717, 1.165) is 16.1 Å². The first-order chi connectivity index (χ1) is 11.1. The number of benzene rings is 2. The number of nitrogens with zero attached hydrogens (tertiary/aromatic N) is 1. The monoisotopic (exact) mass is 410 g/mol. The largest absolute Gasteiger partial charge is 0.321 e. The molecule has 7 heteroatoms. The average molecular weight is 412 g/mol. The summed E-state index contributed by atoms with van der Waals surface area (Å²) in [5.74, 6) is -0.445. The molecule has 1 N–H and O–H groups in total. The molecule has 0 aromatic heterocycles. The van der Waals surface area contributed by atoms with Gasteiger partial charge in [-0.15, -0.1) is 0 Å². The van der Waals surface area contributed by atoms with Gasteiger partial charge in [0.15, 0.2) is 0 Å².